The molecule has 0 radical (unpaired) electrons. The molecule has 2 amide bonds. The highest BCUT2D eigenvalue weighted by atomic mass is 35.5. The van der Waals surface area contributed by atoms with E-state index in [4.69, 9.17) is 21.2 Å². The average molecular weight is 467 g/mol. The molecule has 0 aliphatic rings. The Hall–Kier alpha value is -3.35. The molecule has 0 unspecified atom stereocenters. The van der Waals surface area contributed by atoms with Crippen LogP contribution in [-0.2, 0) is 22.7 Å². The summed E-state index contributed by atoms with van der Waals surface area (Å²) in [6, 6.07) is 23.6. The van der Waals surface area contributed by atoms with Crippen LogP contribution in [-0.4, -0.2) is 22.7 Å². The lowest BCUT2D eigenvalue weighted by molar-refractivity contribution is -0.140. The van der Waals surface area contributed by atoms with Crippen molar-refractivity contribution in [2.24, 2.45) is 0 Å². The topological polar surface area (TPSA) is 67.9 Å². The number of hydroxylamine groups is 2. The Labute approximate surface area is 199 Å². The Morgan fingerprint density at radius 2 is 1.58 bits per heavy atom. The SMILES string of the molecule is CC(C)(C)OC(=O)Nc1ccc(CN(OCc2ccccc2)C(=O)c2ccccc2)c(Cl)c1. The fourth-order valence-corrected chi connectivity index (χ4v) is 3.20. The molecule has 172 valence electrons. The predicted molar refractivity (Wildman–Crippen MR) is 129 cm³/mol. The van der Waals surface area contributed by atoms with E-state index in [9.17, 15) is 9.59 Å². The van der Waals surface area contributed by atoms with Gasteiger partial charge in [0.15, 0.2) is 0 Å². The number of hydrogen-bond acceptors (Lipinski definition) is 4. The van der Waals surface area contributed by atoms with E-state index in [-0.39, 0.29) is 19.1 Å². The molecule has 0 bridgehead atoms. The highest BCUT2D eigenvalue weighted by Crippen LogP contribution is 2.24. The smallest absolute Gasteiger partial charge is 0.412 e. The molecular weight excluding hydrogens is 440 g/mol. The van der Waals surface area contributed by atoms with Gasteiger partial charge >= 0.3 is 6.09 Å². The number of nitrogens with zero attached hydrogens (tertiary/aromatic N) is 1. The Kier molecular flexibility index (Phi) is 8.09. The highest BCUT2D eigenvalue weighted by molar-refractivity contribution is 6.31. The van der Waals surface area contributed by atoms with Gasteiger partial charge in [0.05, 0.1) is 6.54 Å². The van der Waals surface area contributed by atoms with Crippen molar-refractivity contribution in [3.63, 3.8) is 0 Å². The van der Waals surface area contributed by atoms with Crippen LogP contribution in [0.3, 0.4) is 0 Å². The normalized spacial score (nSPS) is 11.0. The van der Waals surface area contributed by atoms with Crippen LogP contribution in [0.25, 0.3) is 0 Å². The number of ether oxygens (including phenoxy) is 1. The Morgan fingerprint density at radius 3 is 2.18 bits per heavy atom. The quantitative estimate of drug-likeness (QED) is 0.405. The molecular formula is C26H27ClN2O4. The molecule has 7 heteroatoms. The maximum atomic E-state index is 13.1. The molecule has 0 heterocycles. The molecule has 3 aromatic carbocycles. The maximum Gasteiger partial charge on any atom is 0.412 e. The van der Waals surface area contributed by atoms with Crippen LogP contribution < -0.4 is 5.32 Å². The van der Waals surface area contributed by atoms with Gasteiger partial charge in [0, 0.05) is 16.3 Å². The zero-order valence-corrected chi connectivity index (χ0v) is 19.6. The van der Waals surface area contributed by atoms with Crippen molar-refractivity contribution in [2.75, 3.05) is 5.32 Å². The van der Waals surface area contributed by atoms with Crippen LogP contribution in [0.2, 0.25) is 5.02 Å². The van der Waals surface area contributed by atoms with Gasteiger partial charge in [-0.05, 0) is 56.2 Å². The largest absolute Gasteiger partial charge is 0.444 e. The van der Waals surface area contributed by atoms with E-state index in [2.05, 4.69) is 5.32 Å². The molecule has 0 fully saturated rings. The molecule has 3 rings (SSSR count). The first-order valence-electron chi connectivity index (χ1n) is 10.5. The average Bonchev–Trinajstić information content (AvgIpc) is 2.77. The highest BCUT2D eigenvalue weighted by Gasteiger charge is 2.20. The molecule has 0 aliphatic carbocycles. The molecule has 0 aromatic heterocycles. The van der Waals surface area contributed by atoms with Gasteiger partial charge in [-0.15, -0.1) is 0 Å². The first-order chi connectivity index (χ1) is 15.7. The summed E-state index contributed by atoms with van der Waals surface area (Å²) in [4.78, 5) is 31.0. The Balaban J connectivity index is 1.75. The van der Waals surface area contributed by atoms with Crippen molar-refractivity contribution in [1.29, 1.82) is 0 Å². The van der Waals surface area contributed by atoms with E-state index < -0.39 is 11.7 Å². The fraction of sp³-hybridized carbons (Fsp3) is 0.231. The third kappa shape index (κ3) is 7.63. The molecule has 0 aliphatic heterocycles. The summed E-state index contributed by atoms with van der Waals surface area (Å²) >= 11 is 6.47. The molecule has 0 saturated heterocycles. The molecule has 33 heavy (non-hydrogen) atoms. The van der Waals surface area contributed by atoms with Crippen LogP contribution in [0.15, 0.2) is 78.9 Å². The molecule has 0 atom stereocenters. The van der Waals surface area contributed by atoms with Gasteiger partial charge in [-0.2, -0.15) is 0 Å². The Bertz CT molecular complexity index is 1080. The summed E-state index contributed by atoms with van der Waals surface area (Å²) < 4.78 is 5.26. The van der Waals surface area contributed by atoms with Gasteiger partial charge in [-0.3, -0.25) is 14.9 Å². The second-order valence-electron chi connectivity index (χ2n) is 8.40. The number of nitrogens with one attached hydrogen (secondary N) is 1. The van der Waals surface area contributed by atoms with E-state index in [0.29, 0.717) is 21.8 Å². The summed E-state index contributed by atoms with van der Waals surface area (Å²) in [7, 11) is 0. The van der Waals surface area contributed by atoms with E-state index in [1.165, 1.54) is 5.06 Å². The third-order valence-electron chi connectivity index (χ3n) is 4.49. The van der Waals surface area contributed by atoms with Crippen molar-refractivity contribution >= 4 is 29.3 Å². The predicted octanol–water partition coefficient (Wildman–Crippen LogP) is 6.46. The monoisotopic (exact) mass is 466 g/mol. The zero-order chi connectivity index (χ0) is 23.8. The van der Waals surface area contributed by atoms with E-state index in [0.717, 1.165) is 5.56 Å². The number of benzene rings is 3. The Morgan fingerprint density at radius 1 is 0.939 bits per heavy atom. The van der Waals surface area contributed by atoms with Crippen molar-refractivity contribution in [3.05, 3.63) is 101 Å². The van der Waals surface area contributed by atoms with Gasteiger partial charge < -0.3 is 4.74 Å². The van der Waals surface area contributed by atoms with Gasteiger partial charge in [-0.25, -0.2) is 9.86 Å². The summed E-state index contributed by atoms with van der Waals surface area (Å²) in [5, 5.41) is 4.34. The van der Waals surface area contributed by atoms with Crippen molar-refractivity contribution < 1.29 is 19.2 Å². The lowest BCUT2D eigenvalue weighted by atomic mass is 10.1. The lowest BCUT2D eigenvalue weighted by Gasteiger charge is -2.23. The minimum atomic E-state index is -0.609. The minimum Gasteiger partial charge on any atom is -0.444 e. The molecule has 1 N–H and O–H groups in total. The number of rotatable bonds is 7. The van der Waals surface area contributed by atoms with Crippen LogP contribution in [0.5, 0.6) is 0 Å². The molecule has 6 nitrogen and oxygen atoms in total. The molecule has 0 spiro atoms. The summed E-state index contributed by atoms with van der Waals surface area (Å²) in [5.74, 6) is -0.279. The minimum absolute atomic E-state index is 0.131. The fourth-order valence-electron chi connectivity index (χ4n) is 2.96. The first-order valence-corrected chi connectivity index (χ1v) is 10.9. The van der Waals surface area contributed by atoms with Crippen molar-refractivity contribution in [3.8, 4) is 0 Å². The third-order valence-corrected chi connectivity index (χ3v) is 4.84. The standard InChI is InChI=1S/C26H27ClN2O4/c1-26(2,3)33-25(31)28-22-15-14-21(23(27)16-22)17-29(24(30)20-12-8-5-9-13-20)32-18-19-10-6-4-7-11-19/h4-16H,17-18H2,1-3H3,(H,28,31). The number of amides is 2. The number of carbonyl (C=O) groups is 2. The number of halogens is 1. The first kappa shape index (κ1) is 24.3. The zero-order valence-electron chi connectivity index (χ0n) is 18.9. The van der Waals surface area contributed by atoms with E-state index >= 15 is 0 Å². The molecule has 3 aromatic rings. The number of hydrogen-bond donors (Lipinski definition) is 1. The lowest BCUT2D eigenvalue weighted by Crippen LogP contribution is -2.31. The van der Waals surface area contributed by atoms with Crippen molar-refractivity contribution in [1.82, 2.24) is 5.06 Å². The van der Waals surface area contributed by atoms with Gasteiger partial charge in [0.1, 0.15) is 12.2 Å². The van der Waals surface area contributed by atoms with E-state index in [1.54, 1.807) is 63.2 Å². The van der Waals surface area contributed by atoms with E-state index in [1.807, 2.05) is 36.4 Å². The van der Waals surface area contributed by atoms with Gasteiger partial charge in [-0.1, -0.05) is 66.2 Å². The van der Waals surface area contributed by atoms with Crippen molar-refractivity contribution in [2.45, 2.75) is 39.5 Å². The summed E-state index contributed by atoms with van der Waals surface area (Å²) in [6.45, 7) is 5.73. The number of anilines is 1. The van der Waals surface area contributed by atoms with Crippen LogP contribution in [0.1, 0.15) is 42.3 Å². The molecule has 0 saturated carbocycles. The second kappa shape index (κ2) is 11.0. The summed E-state index contributed by atoms with van der Waals surface area (Å²) in [6.07, 6.45) is -0.571. The maximum absolute atomic E-state index is 13.1. The van der Waals surface area contributed by atoms with Crippen LogP contribution in [0.4, 0.5) is 10.5 Å². The summed E-state index contributed by atoms with van der Waals surface area (Å²) in [5.41, 5.74) is 1.99. The second-order valence-corrected chi connectivity index (χ2v) is 8.81. The van der Waals surface area contributed by atoms with Crippen LogP contribution in [0, 0.1) is 0 Å². The number of carbonyl (C=O) groups excluding carboxylic acids is 2. The van der Waals surface area contributed by atoms with Crippen LogP contribution >= 0.6 is 11.6 Å². The van der Waals surface area contributed by atoms with Gasteiger partial charge in [0.2, 0.25) is 0 Å². The van der Waals surface area contributed by atoms with Gasteiger partial charge in [0.25, 0.3) is 5.91 Å².